The van der Waals surface area contributed by atoms with E-state index < -0.39 is 21.7 Å². The van der Waals surface area contributed by atoms with E-state index in [1.807, 2.05) is 4.72 Å². The Bertz CT molecular complexity index is 802. The number of benzene rings is 2. The zero-order valence-electron chi connectivity index (χ0n) is 12.0. The van der Waals surface area contributed by atoms with Crippen LogP contribution in [0.3, 0.4) is 0 Å². The quantitative estimate of drug-likeness (QED) is 0.835. The van der Waals surface area contributed by atoms with Gasteiger partial charge in [-0.2, -0.15) is 0 Å². The highest BCUT2D eigenvalue weighted by Gasteiger charge is 2.10. The van der Waals surface area contributed by atoms with Gasteiger partial charge in [0.15, 0.2) is 0 Å². The zero-order valence-corrected chi connectivity index (χ0v) is 14.4. The molecule has 0 unspecified atom stereocenters. The lowest BCUT2D eigenvalue weighted by Gasteiger charge is -2.08. The van der Waals surface area contributed by atoms with Gasteiger partial charge in [-0.15, -0.1) is 0 Å². The number of carbonyl (C=O) groups is 1. The fourth-order valence-corrected chi connectivity index (χ4v) is 2.66. The predicted octanol–water partition coefficient (Wildman–Crippen LogP) is 2.86. The summed E-state index contributed by atoms with van der Waals surface area (Å²) in [5, 5.41) is 0. The van der Waals surface area contributed by atoms with Gasteiger partial charge in [0.25, 0.3) is 5.91 Å². The minimum Gasteiger partial charge on any atom is -0.489 e. The van der Waals surface area contributed by atoms with E-state index in [0.29, 0.717) is 10.2 Å². The molecule has 0 fully saturated rings. The first-order valence-electron chi connectivity index (χ1n) is 6.43. The van der Waals surface area contributed by atoms with E-state index in [9.17, 15) is 17.6 Å². The van der Waals surface area contributed by atoms with E-state index in [1.165, 1.54) is 24.3 Å². The molecular weight excluding hydrogens is 389 g/mol. The molecule has 0 atom stereocenters. The molecule has 122 valence electrons. The lowest BCUT2D eigenvalue weighted by molar-refractivity contribution is 0.0981. The van der Waals surface area contributed by atoms with Crippen LogP contribution in [0, 0.1) is 5.82 Å². The summed E-state index contributed by atoms with van der Waals surface area (Å²) in [5.74, 6) is -0.744. The normalized spacial score (nSPS) is 11.1. The van der Waals surface area contributed by atoms with Crippen molar-refractivity contribution in [1.82, 2.24) is 4.72 Å². The Hall–Kier alpha value is -1.93. The number of sulfonamides is 1. The van der Waals surface area contributed by atoms with E-state index in [2.05, 4.69) is 15.9 Å². The third kappa shape index (κ3) is 5.65. The number of hydrogen-bond acceptors (Lipinski definition) is 4. The Labute approximate surface area is 141 Å². The lowest BCUT2D eigenvalue weighted by atomic mass is 10.1. The molecule has 1 N–H and O–H groups in total. The first-order valence-corrected chi connectivity index (χ1v) is 9.11. The molecule has 0 saturated carbocycles. The van der Waals surface area contributed by atoms with Crippen LogP contribution in [-0.2, 0) is 16.6 Å². The Balaban J connectivity index is 2.01. The van der Waals surface area contributed by atoms with Crippen molar-refractivity contribution >= 4 is 31.9 Å². The van der Waals surface area contributed by atoms with Gasteiger partial charge in [-0.05, 0) is 29.8 Å². The van der Waals surface area contributed by atoms with E-state index in [-0.39, 0.29) is 12.2 Å². The SMILES string of the molecule is CS(=O)(=O)NC(=O)c1ccc(COc2cc(F)cc(Br)c2)cc1. The molecule has 0 bridgehead atoms. The number of nitrogens with one attached hydrogen (secondary N) is 1. The molecule has 0 heterocycles. The third-order valence-corrected chi connectivity index (χ3v) is 3.75. The minimum absolute atomic E-state index is 0.184. The molecule has 2 rings (SSSR count). The van der Waals surface area contributed by atoms with Crippen molar-refractivity contribution in [2.75, 3.05) is 6.26 Å². The first-order chi connectivity index (χ1) is 10.7. The molecule has 0 aliphatic rings. The summed E-state index contributed by atoms with van der Waals surface area (Å²) >= 11 is 3.18. The van der Waals surface area contributed by atoms with Gasteiger partial charge in [0.05, 0.1) is 6.26 Å². The van der Waals surface area contributed by atoms with Crippen LogP contribution in [0.2, 0.25) is 0 Å². The van der Waals surface area contributed by atoms with Crippen LogP contribution in [0.1, 0.15) is 15.9 Å². The Morgan fingerprint density at radius 2 is 1.87 bits per heavy atom. The monoisotopic (exact) mass is 401 g/mol. The number of halogens is 2. The highest BCUT2D eigenvalue weighted by Crippen LogP contribution is 2.21. The molecule has 2 aromatic carbocycles. The Morgan fingerprint density at radius 1 is 1.22 bits per heavy atom. The molecule has 1 amide bonds. The first kappa shape index (κ1) is 17.4. The van der Waals surface area contributed by atoms with Gasteiger partial charge in [0.2, 0.25) is 10.0 Å². The maximum Gasteiger partial charge on any atom is 0.264 e. The molecule has 0 radical (unpaired) electrons. The fraction of sp³-hybridized carbons (Fsp3) is 0.133. The summed E-state index contributed by atoms with van der Waals surface area (Å²) in [4.78, 5) is 11.7. The molecule has 0 aliphatic carbocycles. The fourth-order valence-electron chi connectivity index (χ4n) is 1.76. The van der Waals surface area contributed by atoms with Crippen molar-refractivity contribution in [3.05, 3.63) is 63.9 Å². The zero-order chi connectivity index (χ0) is 17.0. The van der Waals surface area contributed by atoms with Gasteiger partial charge < -0.3 is 4.74 Å². The smallest absolute Gasteiger partial charge is 0.264 e. The molecule has 2 aromatic rings. The second-order valence-electron chi connectivity index (χ2n) is 4.79. The number of carbonyl (C=O) groups excluding carboxylic acids is 1. The standard InChI is InChI=1S/C15H13BrFNO4S/c1-23(20,21)18-15(19)11-4-2-10(3-5-11)9-22-14-7-12(16)6-13(17)8-14/h2-8H,9H2,1H3,(H,18,19). The van der Waals surface area contributed by atoms with Crippen molar-refractivity contribution in [2.24, 2.45) is 0 Å². The van der Waals surface area contributed by atoms with Crippen molar-refractivity contribution in [3.63, 3.8) is 0 Å². The van der Waals surface area contributed by atoms with Crippen molar-refractivity contribution in [2.45, 2.75) is 6.61 Å². The van der Waals surface area contributed by atoms with Crippen molar-refractivity contribution < 1.29 is 22.3 Å². The molecule has 0 aliphatic heterocycles. The topological polar surface area (TPSA) is 72.5 Å². The van der Waals surface area contributed by atoms with E-state index in [0.717, 1.165) is 11.8 Å². The number of amides is 1. The van der Waals surface area contributed by atoms with Crippen molar-refractivity contribution in [3.8, 4) is 5.75 Å². The third-order valence-electron chi connectivity index (χ3n) is 2.74. The number of rotatable bonds is 5. The molecule has 23 heavy (non-hydrogen) atoms. The highest BCUT2D eigenvalue weighted by molar-refractivity contribution is 9.10. The van der Waals surface area contributed by atoms with E-state index in [1.54, 1.807) is 18.2 Å². The summed E-state index contributed by atoms with van der Waals surface area (Å²) in [6.07, 6.45) is 0.907. The Kier molecular flexibility index (Phi) is 5.38. The van der Waals surface area contributed by atoms with E-state index in [4.69, 9.17) is 4.74 Å². The maximum atomic E-state index is 13.2. The summed E-state index contributed by atoms with van der Waals surface area (Å²) in [6.45, 7) is 0.184. The van der Waals surface area contributed by atoms with Gasteiger partial charge in [-0.25, -0.2) is 17.5 Å². The average Bonchev–Trinajstić information content (AvgIpc) is 2.43. The van der Waals surface area contributed by atoms with E-state index >= 15 is 0 Å². The molecule has 8 heteroatoms. The van der Waals surface area contributed by atoms with Crippen LogP contribution < -0.4 is 9.46 Å². The molecule has 0 aromatic heterocycles. The summed E-state index contributed by atoms with van der Waals surface area (Å²) < 4.78 is 43.2. The highest BCUT2D eigenvalue weighted by atomic mass is 79.9. The van der Waals surface area contributed by atoms with Crippen LogP contribution in [0.25, 0.3) is 0 Å². The maximum absolute atomic E-state index is 13.2. The van der Waals surface area contributed by atoms with Crippen LogP contribution >= 0.6 is 15.9 Å². The molecule has 0 saturated heterocycles. The average molecular weight is 402 g/mol. The van der Waals surface area contributed by atoms with Gasteiger partial charge in [0.1, 0.15) is 18.2 Å². The number of hydrogen-bond donors (Lipinski definition) is 1. The predicted molar refractivity (Wildman–Crippen MR) is 87.2 cm³/mol. The molecule has 5 nitrogen and oxygen atoms in total. The van der Waals surface area contributed by atoms with Gasteiger partial charge in [0, 0.05) is 16.1 Å². The van der Waals surface area contributed by atoms with Gasteiger partial charge in [-0.3, -0.25) is 4.79 Å². The lowest BCUT2D eigenvalue weighted by Crippen LogP contribution is -2.29. The Morgan fingerprint density at radius 3 is 2.43 bits per heavy atom. The minimum atomic E-state index is -3.60. The van der Waals surface area contributed by atoms with Gasteiger partial charge in [-0.1, -0.05) is 28.1 Å². The summed E-state index contributed by atoms with van der Waals surface area (Å²) in [6, 6.07) is 10.5. The number of ether oxygens (including phenoxy) is 1. The summed E-state index contributed by atoms with van der Waals surface area (Å²) in [5.41, 5.74) is 0.967. The second-order valence-corrected chi connectivity index (χ2v) is 7.46. The summed E-state index contributed by atoms with van der Waals surface area (Å²) in [7, 11) is -3.60. The second kappa shape index (κ2) is 7.10. The molecule has 0 spiro atoms. The van der Waals surface area contributed by atoms with Crippen LogP contribution in [-0.4, -0.2) is 20.6 Å². The van der Waals surface area contributed by atoms with Crippen LogP contribution in [0.4, 0.5) is 4.39 Å². The largest absolute Gasteiger partial charge is 0.489 e. The molecular formula is C15H13BrFNO4S. The van der Waals surface area contributed by atoms with Crippen molar-refractivity contribution in [1.29, 1.82) is 0 Å². The van der Waals surface area contributed by atoms with Crippen LogP contribution in [0.15, 0.2) is 46.9 Å². The van der Waals surface area contributed by atoms with Crippen LogP contribution in [0.5, 0.6) is 5.75 Å². The van der Waals surface area contributed by atoms with Gasteiger partial charge >= 0.3 is 0 Å².